The number of phenols is 1. The van der Waals surface area contributed by atoms with Crippen molar-refractivity contribution in [3.05, 3.63) is 53.1 Å². The number of hydrogen-bond donors (Lipinski definition) is 2. The third-order valence-electron chi connectivity index (χ3n) is 5.92. The third kappa shape index (κ3) is 6.30. The Morgan fingerprint density at radius 3 is 2.48 bits per heavy atom. The molecule has 0 aliphatic heterocycles. The molecule has 1 saturated carbocycles. The fourth-order valence-electron chi connectivity index (χ4n) is 4.12. The van der Waals surface area contributed by atoms with E-state index in [1.54, 1.807) is 23.9 Å². The molecule has 0 spiro atoms. The molecule has 0 aromatic heterocycles. The summed E-state index contributed by atoms with van der Waals surface area (Å²) in [4.78, 5) is 24.3. The van der Waals surface area contributed by atoms with Crippen LogP contribution in [-0.2, 0) is 22.4 Å². The fraction of sp³-hybridized carbons (Fsp3) is 0.462. The molecular weight excluding hydrogens is 440 g/mol. The number of carbonyl (C=O) groups excluding carboxylic acids is 2. The number of aliphatic hydroxyl groups excluding tert-OH is 1. The van der Waals surface area contributed by atoms with Crippen LogP contribution in [0.5, 0.6) is 11.5 Å². The van der Waals surface area contributed by atoms with Crippen molar-refractivity contribution < 1.29 is 29.3 Å². The lowest BCUT2D eigenvalue weighted by Gasteiger charge is -2.35. The van der Waals surface area contributed by atoms with Gasteiger partial charge in [-0.3, -0.25) is 9.59 Å². The quantitative estimate of drug-likeness (QED) is 0.403. The molecule has 3 atom stereocenters. The molecule has 3 rings (SSSR count). The van der Waals surface area contributed by atoms with Gasteiger partial charge in [-0.25, -0.2) is 0 Å². The predicted molar refractivity (Wildman–Crippen MR) is 128 cm³/mol. The minimum absolute atomic E-state index is 0.0230. The molecule has 0 amide bonds. The summed E-state index contributed by atoms with van der Waals surface area (Å²) >= 11 is 1.60. The number of methoxy groups -OCH3 is 1. The maximum atomic E-state index is 11.8. The third-order valence-corrected chi connectivity index (χ3v) is 7.29. The maximum absolute atomic E-state index is 11.8. The number of benzene rings is 2. The van der Waals surface area contributed by atoms with Crippen molar-refractivity contribution in [3.63, 3.8) is 0 Å². The van der Waals surface area contributed by atoms with Crippen LogP contribution in [-0.4, -0.2) is 46.5 Å². The zero-order valence-corrected chi connectivity index (χ0v) is 20.2. The summed E-state index contributed by atoms with van der Waals surface area (Å²) in [6.07, 6.45) is 3.04. The average molecular weight is 473 g/mol. The molecule has 33 heavy (non-hydrogen) atoms. The molecule has 0 saturated heterocycles. The molecule has 0 bridgehead atoms. The monoisotopic (exact) mass is 472 g/mol. The highest BCUT2D eigenvalue weighted by Crippen LogP contribution is 2.38. The van der Waals surface area contributed by atoms with E-state index in [2.05, 4.69) is 0 Å². The van der Waals surface area contributed by atoms with E-state index in [9.17, 15) is 19.8 Å². The first-order valence-electron chi connectivity index (χ1n) is 11.4. The number of phenolic OH excluding ortho intramolecular Hbond substituents is 1. The van der Waals surface area contributed by atoms with Gasteiger partial charge in [0.05, 0.1) is 19.1 Å². The molecule has 178 valence electrons. The number of hydrogen-bond acceptors (Lipinski definition) is 7. The maximum Gasteiger partial charge on any atom is 0.309 e. The number of esters is 1. The van der Waals surface area contributed by atoms with Crippen molar-refractivity contribution in [1.29, 1.82) is 0 Å². The lowest BCUT2D eigenvalue weighted by atomic mass is 9.93. The summed E-state index contributed by atoms with van der Waals surface area (Å²) < 4.78 is 10.9. The first kappa shape index (κ1) is 25.1. The van der Waals surface area contributed by atoms with Crippen molar-refractivity contribution in [2.75, 3.05) is 7.11 Å². The van der Waals surface area contributed by atoms with Crippen molar-refractivity contribution in [1.82, 2.24) is 0 Å². The Labute approximate surface area is 199 Å². The zero-order chi connectivity index (χ0) is 24.0. The van der Waals surface area contributed by atoms with Crippen LogP contribution in [0, 0.1) is 0 Å². The number of aromatic hydroxyl groups is 1. The normalized spacial score (nSPS) is 20.3. The second kappa shape index (κ2) is 11.6. The first-order valence-corrected chi connectivity index (χ1v) is 12.2. The molecule has 3 unspecified atom stereocenters. The van der Waals surface area contributed by atoms with E-state index in [0.717, 1.165) is 36.1 Å². The molecule has 2 aromatic carbocycles. The largest absolute Gasteiger partial charge is 0.507 e. The molecule has 2 aromatic rings. The number of Topliss-reactive ketones (excluding diaryl/α,β-unsaturated/α-hetero) is 1. The summed E-state index contributed by atoms with van der Waals surface area (Å²) in [5.41, 5.74) is 1.79. The van der Waals surface area contributed by atoms with Crippen LogP contribution in [0.3, 0.4) is 0 Å². The van der Waals surface area contributed by atoms with Gasteiger partial charge in [0.15, 0.2) is 5.78 Å². The molecule has 1 aliphatic carbocycles. The van der Waals surface area contributed by atoms with Crippen LogP contribution in [0.1, 0.15) is 61.0 Å². The summed E-state index contributed by atoms with van der Waals surface area (Å²) in [6, 6.07) is 11.0. The first-order chi connectivity index (χ1) is 15.8. The van der Waals surface area contributed by atoms with E-state index in [0.29, 0.717) is 23.3 Å². The van der Waals surface area contributed by atoms with E-state index in [4.69, 9.17) is 9.47 Å². The SMILES string of the molecule is CCCc1c(OC2CCCC(Sc3ccc(CC(=O)OC)cc3)C2O)ccc(C(C)=O)c1O. The van der Waals surface area contributed by atoms with E-state index in [1.807, 2.05) is 31.2 Å². The van der Waals surface area contributed by atoms with Gasteiger partial charge in [0.1, 0.15) is 23.7 Å². The van der Waals surface area contributed by atoms with Crippen LogP contribution in [0.4, 0.5) is 0 Å². The molecule has 0 heterocycles. The number of ether oxygens (including phenoxy) is 2. The van der Waals surface area contributed by atoms with Crippen molar-refractivity contribution in [3.8, 4) is 11.5 Å². The fourth-order valence-corrected chi connectivity index (χ4v) is 5.37. The van der Waals surface area contributed by atoms with E-state index in [1.165, 1.54) is 14.0 Å². The lowest BCUT2D eigenvalue weighted by molar-refractivity contribution is -0.139. The van der Waals surface area contributed by atoms with E-state index >= 15 is 0 Å². The van der Waals surface area contributed by atoms with Crippen molar-refractivity contribution in [2.24, 2.45) is 0 Å². The predicted octanol–water partition coefficient (Wildman–Crippen LogP) is 4.72. The van der Waals surface area contributed by atoms with Crippen LogP contribution < -0.4 is 4.74 Å². The number of carbonyl (C=O) groups is 2. The summed E-state index contributed by atoms with van der Waals surface area (Å²) in [5.74, 6) is 0.0393. The number of thioether (sulfide) groups is 1. The van der Waals surface area contributed by atoms with Crippen LogP contribution >= 0.6 is 11.8 Å². The second-order valence-electron chi connectivity index (χ2n) is 8.38. The lowest BCUT2D eigenvalue weighted by Crippen LogP contribution is -2.43. The molecule has 1 aliphatic rings. The van der Waals surface area contributed by atoms with Gasteiger partial charge in [-0.15, -0.1) is 11.8 Å². The Balaban J connectivity index is 1.71. The number of rotatable bonds is 9. The van der Waals surface area contributed by atoms with Gasteiger partial charge in [-0.1, -0.05) is 25.5 Å². The highest BCUT2D eigenvalue weighted by molar-refractivity contribution is 8.00. The molecular formula is C26H32O6S. The number of aliphatic hydroxyl groups is 1. The van der Waals surface area contributed by atoms with Gasteiger partial charge in [0.25, 0.3) is 0 Å². The highest BCUT2D eigenvalue weighted by atomic mass is 32.2. The summed E-state index contributed by atoms with van der Waals surface area (Å²) in [7, 11) is 1.37. The Bertz CT molecular complexity index is 971. The summed E-state index contributed by atoms with van der Waals surface area (Å²) in [6.45, 7) is 3.43. The second-order valence-corrected chi connectivity index (χ2v) is 9.69. The van der Waals surface area contributed by atoms with Crippen molar-refractivity contribution in [2.45, 2.75) is 74.7 Å². The topological polar surface area (TPSA) is 93.1 Å². The Kier molecular flexibility index (Phi) is 8.80. The standard InChI is InChI=1S/C26H32O6S/c1-4-6-20-21(14-13-19(16(2)27)25(20)29)32-22-7-5-8-23(26(22)30)33-18-11-9-17(10-12-18)15-24(28)31-3/h9-14,22-23,26,29-30H,4-8,15H2,1-3H3. The number of ketones is 1. The summed E-state index contributed by atoms with van der Waals surface area (Å²) in [5, 5.41) is 21.6. The zero-order valence-electron chi connectivity index (χ0n) is 19.4. The van der Waals surface area contributed by atoms with Crippen molar-refractivity contribution >= 4 is 23.5 Å². The smallest absolute Gasteiger partial charge is 0.309 e. The minimum atomic E-state index is -0.678. The van der Waals surface area contributed by atoms with Crippen LogP contribution in [0.15, 0.2) is 41.3 Å². The highest BCUT2D eigenvalue weighted by Gasteiger charge is 2.34. The molecule has 2 N–H and O–H groups in total. The van der Waals surface area contributed by atoms with E-state index in [-0.39, 0.29) is 29.2 Å². The van der Waals surface area contributed by atoms with Gasteiger partial charge in [0, 0.05) is 15.7 Å². The van der Waals surface area contributed by atoms with Gasteiger partial charge < -0.3 is 19.7 Å². The molecule has 1 fully saturated rings. The average Bonchev–Trinajstić information content (AvgIpc) is 2.79. The van der Waals surface area contributed by atoms with Gasteiger partial charge in [-0.05, 0) is 62.4 Å². The van der Waals surface area contributed by atoms with Gasteiger partial charge >= 0.3 is 5.97 Å². The van der Waals surface area contributed by atoms with E-state index < -0.39 is 12.2 Å². The van der Waals surface area contributed by atoms with Gasteiger partial charge in [0.2, 0.25) is 0 Å². The molecule has 7 heteroatoms. The molecule has 6 nitrogen and oxygen atoms in total. The van der Waals surface area contributed by atoms with Crippen LogP contribution in [0.25, 0.3) is 0 Å². The Hall–Kier alpha value is -2.51. The molecule has 0 radical (unpaired) electrons. The van der Waals surface area contributed by atoms with Gasteiger partial charge in [-0.2, -0.15) is 0 Å². The Morgan fingerprint density at radius 1 is 1.12 bits per heavy atom. The Morgan fingerprint density at radius 2 is 1.85 bits per heavy atom. The van der Waals surface area contributed by atoms with Crippen LogP contribution in [0.2, 0.25) is 0 Å². The minimum Gasteiger partial charge on any atom is -0.507 e.